The first kappa shape index (κ1) is 15.6. The van der Waals surface area contributed by atoms with E-state index in [1.807, 2.05) is 49.5 Å². The van der Waals surface area contributed by atoms with E-state index in [0.717, 1.165) is 39.1 Å². The third kappa shape index (κ3) is 2.71. The fourth-order valence-corrected chi connectivity index (χ4v) is 3.32. The van der Waals surface area contributed by atoms with Crippen molar-refractivity contribution >= 4 is 27.8 Å². The number of nitrogens with zero attached hydrogens (tertiary/aromatic N) is 4. The first-order chi connectivity index (χ1) is 13.3. The average Bonchev–Trinajstić information content (AvgIpc) is 3.31. The Kier molecular flexibility index (Phi) is 3.60. The molecule has 2 aromatic carbocycles. The van der Waals surface area contributed by atoms with Crippen molar-refractivity contribution in [2.45, 2.75) is 6.04 Å². The van der Waals surface area contributed by atoms with Crippen LogP contribution in [0.4, 0.5) is 5.82 Å². The largest absolute Gasteiger partial charge is 0.459 e. The lowest BCUT2D eigenvalue weighted by molar-refractivity contribution is 0.536. The Labute approximate surface area is 155 Å². The van der Waals surface area contributed by atoms with Gasteiger partial charge < -0.3 is 9.73 Å². The molecule has 0 amide bonds. The number of hydrogen-bond donors (Lipinski definition) is 1. The second-order valence-corrected chi connectivity index (χ2v) is 6.40. The third-order valence-electron chi connectivity index (χ3n) is 4.67. The monoisotopic (exact) mass is 355 g/mol. The molecule has 1 atom stereocenters. The number of fused-ring (bicyclic) bond motifs is 2. The van der Waals surface area contributed by atoms with Crippen LogP contribution >= 0.6 is 0 Å². The number of anilines is 1. The van der Waals surface area contributed by atoms with Gasteiger partial charge in [0.2, 0.25) is 0 Å². The van der Waals surface area contributed by atoms with Crippen LogP contribution in [-0.2, 0) is 7.05 Å². The molecule has 3 heterocycles. The van der Waals surface area contributed by atoms with Crippen molar-refractivity contribution in [3.63, 3.8) is 0 Å². The molecule has 3 aromatic heterocycles. The van der Waals surface area contributed by atoms with Crippen LogP contribution < -0.4 is 5.32 Å². The lowest BCUT2D eigenvalue weighted by Crippen LogP contribution is -2.13. The normalized spacial score (nSPS) is 12.5. The highest BCUT2D eigenvalue weighted by atomic mass is 16.3. The first-order valence-corrected chi connectivity index (χ1v) is 8.72. The molecule has 1 N–H and O–H groups in total. The van der Waals surface area contributed by atoms with Crippen molar-refractivity contribution in [3.05, 3.63) is 84.5 Å². The van der Waals surface area contributed by atoms with Crippen molar-refractivity contribution in [1.29, 1.82) is 0 Å². The fraction of sp³-hybridized carbons (Fsp3) is 0.0952. The van der Waals surface area contributed by atoms with Gasteiger partial charge >= 0.3 is 0 Å². The number of benzene rings is 2. The molecule has 27 heavy (non-hydrogen) atoms. The molecule has 0 aliphatic carbocycles. The summed E-state index contributed by atoms with van der Waals surface area (Å²) < 4.78 is 7.88. The molecule has 0 saturated heterocycles. The molecule has 0 aliphatic rings. The van der Waals surface area contributed by atoms with Gasteiger partial charge in [-0.15, -0.1) is 0 Å². The summed E-state index contributed by atoms with van der Waals surface area (Å²) in [5.41, 5.74) is 2.74. The standard InChI is InChI=1S/C21H17N5O/c1-26-21-16(12-24-26)20(22-13-23-21)25-19(14-7-3-2-4-8-14)18-11-15-9-5-6-10-17(15)27-18/h2-13,19H,1H3,(H,22,23,25). The van der Waals surface area contributed by atoms with Crippen molar-refractivity contribution in [1.82, 2.24) is 19.7 Å². The van der Waals surface area contributed by atoms with Crippen molar-refractivity contribution < 1.29 is 4.42 Å². The summed E-state index contributed by atoms with van der Waals surface area (Å²) in [5, 5.41) is 9.77. The number of rotatable bonds is 4. The lowest BCUT2D eigenvalue weighted by Gasteiger charge is -2.18. The second-order valence-electron chi connectivity index (χ2n) is 6.40. The molecule has 0 spiro atoms. The van der Waals surface area contributed by atoms with E-state index in [4.69, 9.17) is 4.42 Å². The summed E-state index contributed by atoms with van der Waals surface area (Å²) in [6, 6.07) is 20.1. The van der Waals surface area contributed by atoms with Gasteiger partial charge in [0.25, 0.3) is 0 Å². The van der Waals surface area contributed by atoms with E-state index in [-0.39, 0.29) is 6.04 Å². The third-order valence-corrected chi connectivity index (χ3v) is 4.67. The van der Waals surface area contributed by atoms with E-state index < -0.39 is 0 Å². The van der Waals surface area contributed by atoms with E-state index in [1.54, 1.807) is 17.2 Å². The van der Waals surface area contributed by atoms with Crippen molar-refractivity contribution in [2.75, 3.05) is 5.32 Å². The van der Waals surface area contributed by atoms with Crippen LogP contribution in [0.25, 0.3) is 22.0 Å². The quantitative estimate of drug-likeness (QED) is 0.520. The molecule has 0 bridgehead atoms. The van der Waals surface area contributed by atoms with E-state index in [0.29, 0.717) is 0 Å². The first-order valence-electron chi connectivity index (χ1n) is 8.72. The minimum atomic E-state index is -0.183. The molecule has 1 unspecified atom stereocenters. The summed E-state index contributed by atoms with van der Waals surface area (Å²) in [4.78, 5) is 8.76. The molecule has 6 nitrogen and oxygen atoms in total. The maximum Gasteiger partial charge on any atom is 0.163 e. The van der Waals surface area contributed by atoms with Gasteiger partial charge in [-0.1, -0.05) is 48.5 Å². The van der Waals surface area contributed by atoms with Gasteiger partial charge in [0.1, 0.15) is 29.5 Å². The molecule has 5 aromatic rings. The molecular formula is C21H17N5O. The van der Waals surface area contributed by atoms with Gasteiger partial charge in [-0.2, -0.15) is 5.10 Å². The van der Waals surface area contributed by atoms with E-state index in [9.17, 15) is 0 Å². The minimum absolute atomic E-state index is 0.183. The van der Waals surface area contributed by atoms with Crippen LogP contribution in [-0.4, -0.2) is 19.7 Å². The van der Waals surface area contributed by atoms with Gasteiger partial charge in [-0.05, 0) is 17.7 Å². The average molecular weight is 355 g/mol. The smallest absolute Gasteiger partial charge is 0.163 e. The number of aromatic nitrogens is 4. The molecular weight excluding hydrogens is 338 g/mol. The zero-order chi connectivity index (χ0) is 18.2. The molecule has 0 fully saturated rings. The van der Waals surface area contributed by atoms with Gasteiger partial charge in [0, 0.05) is 12.4 Å². The highest BCUT2D eigenvalue weighted by Crippen LogP contribution is 2.32. The highest BCUT2D eigenvalue weighted by Gasteiger charge is 2.20. The van der Waals surface area contributed by atoms with Crippen LogP contribution in [0.15, 0.2) is 77.6 Å². The van der Waals surface area contributed by atoms with E-state index >= 15 is 0 Å². The summed E-state index contributed by atoms with van der Waals surface area (Å²) in [7, 11) is 1.87. The summed E-state index contributed by atoms with van der Waals surface area (Å²) in [6.45, 7) is 0. The maximum absolute atomic E-state index is 6.15. The van der Waals surface area contributed by atoms with Crippen molar-refractivity contribution in [2.24, 2.45) is 7.05 Å². The fourth-order valence-electron chi connectivity index (χ4n) is 3.32. The SMILES string of the molecule is Cn1ncc2c(NC(c3ccccc3)c3cc4ccccc4o3)ncnc21. The van der Waals surface area contributed by atoms with Gasteiger partial charge in [-0.25, -0.2) is 9.97 Å². The number of para-hydroxylation sites is 1. The summed E-state index contributed by atoms with van der Waals surface area (Å²) >= 11 is 0. The zero-order valence-corrected chi connectivity index (χ0v) is 14.7. The number of nitrogens with one attached hydrogen (secondary N) is 1. The zero-order valence-electron chi connectivity index (χ0n) is 14.7. The topological polar surface area (TPSA) is 68.8 Å². The maximum atomic E-state index is 6.15. The van der Waals surface area contributed by atoms with E-state index in [2.05, 4.69) is 38.6 Å². The Balaban J connectivity index is 1.64. The molecule has 0 radical (unpaired) electrons. The highest BCUT2D eigenvalue weighted by molar-refractivity contribution is 5.86. The van der Waals surface area contributed by atoms with Crippen LogP contribution in [0, 0.1) is 0 Å². The number of hydrogen-bond acceptors (Lipinski definition) is 5. The molecule has 6 heteroatoms. The van der Waals surface area contributed by atoms with Crippen LogP contribution in [0.3, 0.4) is 0 Å². The number of aryl methyl sites for hydroxylation is 1. The Morgan fingerprint density at radius 2 is 1.81 bits per heavy atom. The van der Waals surface area contributed by atoms with Crippen molar-refractivity contribution in [3.8, 4) is 0 Å². The molecule has 132 valence electrons. The Bertz CT molecular complexity index is 1190. The summed E-state index contributed by atoms with van der Waals surface area (Å²) in [6.07, 6.45) is 3.32. The summed E-state index contributed by atoms with van der Waals surface area (Å²) in [5.74, 6) is 1.56. The number of furan rings is 1. The van der Waals surface area contributed by atoms with Crippen LogP contribution in [0.2, 0.25) is 0 Å². The van der Waals surface area contributed by atoms with Gasteiger partial charge in [-0.3, -0.25) is 4.68 Å². The Hall–Kier alpha value is -3.67. The minimum Gasteiger partial charge on any atom is -0.459 e. The second kappa shape index (κ2) is 6.25. The van der Waals surface area contributed by atoms with Crippen LogP contribution in [0.1, 0.15) is 17.4 Å². The Morgan fingerprint density at radius 3 is 2.67 bits per heavy atom. The van der Waals surface area contributed by atoms with Gasteiger partial charge in [0.15, 0.2) is 5.65 Å². The van der Waals surface area contributed by atoms with Gasteiger partial charge in [0.05, 0.1) is 11.6 Å². The Morgan fingerprint density at radius 1 is 1.00 bits per heavy atom. The van der Waals surface area contributed by atoms with E-state index in [1.165, 1.54) is 0 Å². The van der Waals surface area contributed by atoms with Crippen LogP contribution in [0.5, 0.6) is 0 Å². The lowest BCUT2D eigenvalue weighted by atomic mass is 10.0. The molecule has 0 saturated carbocycles. The molecule has 0 aliphatic heterocycles. The molecule has 5 rings (SSSR count). The predicted molar refractivity (Wildman–Crippen MR) is 104 cm³/mol. The predicted octanol–water partition coefficient (Wildman–Crippen LogP) is 4.31.